The zero-order chi connectivity index (χ0) is 15.8. The van der Waals surface area contributed by atoms with Gasteiger partial charge in [-0.2, -0.15) is 0 Å². The van der Waals surface area contributed by atoms with Gasteiger partial charge in [0.2, 0.25) is 0 Å². The molecule has 0 aromatic heterocycles. The van der Waals surface area contributed by atoms with Gasteiger partial charge in [-0.05, 0) is 36.3 Å². The molecule has 0 aliphatic rings. The molecule has 0 fully saturated rings. The molecule has 0 unspecified atom stereocenters. The fourth-order valence-electron chi connectivity index (χ4n) is 2.35. The molecule has 0 heterocycles. The highest BCUT2D eigenvalue weighted by atomic mass is 16.1. The van der Waals surface area contributed by atoms with Gasteiger partial charge in [-0.1, -0.05) is 56.3 Å². The van der Waals surface area contributed by atoms with E-state index in [1.165, 1.54) is 5.56 Å². The Bertz CT molecular complexity index is 574. The van der Waals surface area contributed by atoms with Crippen molar-refractivity contribution in [2.75, 3.05) is 13.1 Å². The Balaban J connectivity index is 1.90. The number of nitrogens with one attached hydrogen (secondary N) is 1. The maximum atomic E-state index is 12.1. The molecule has 2 aromatic rings. The predicted molar refractivity (Wildman–Crippen MR) is 90.7 cm³/mol. The molecule has 0 saturated heterocycles. The zero-order valence-corrected chi connectivity index (χ0v) is 13.4. The molecule has 0 spiro atoms. The van der Waals surface area contributed by atoms with Crippen LogP contribution in [0.4, 0.5) is 0 Å². The number of hydrogen-bond acceptors (Lipinski definition) is 2. The van der Waals surface area contributed by atoms with Gasteiger partial charge in [-0.3, -0.25) is 9.69 Å². The van der Waals surface area contributed by atoms with Crippen molar-refractivity contribution in [2.45, 2.75) is 26.9 Å². The predicted octanol–water partition coefficient (Wildman–Crippen LogP) is 3.46. The smallest absolute Gasteiger partial charge is 0.251 e. The summed E-state index contributed by atoms with van der Waals surface area (Å²) in [5.41, 5.74) is 3.05. The van der Waals surface area contributed by atoms with Crippen molar-refractivity contribution < 1.29 is 4.79 Å². The molecule has 0 aliphatic heterocycles. The van der Waals surface area contributed by atoms with Crippen molar-refractivity contribution in [2.24, 2.45) is 0 Å². The highest BCUT2D eigenvalue weighted by molar-refractivity contribution is 5.94. The first-order valence-electron chi connectivity index (χ1n) is 7.86. The summed E-state index contributed by atoms with van der Waals surface area (Å²) in [5.74, 6) is -0.0294. The third-order valence-electron chi connectivity index (χ3n) is 3.81. The average molecular weight is 296 g/mol. The molecule has 0 aliphatic carbocycles. The number of benzene rings is 2. The van der Waals surface area contributed by atoms with Gasteiger partial charge in [-0.15, -0.1) is 0 Å². The van der Waals surface area contributed by atoms with Crippen LogP contribution in [0.5, 0.6) is 0 Å². The lowest BCUT2D eigenvalue weighted by atomic mass is 10.1. The summed E-state index contributed by atoms with van der Waals surface area (Å²) in [6.07, 6.45) is 0. The molecule has 0 atom stereocenters. The van der Waals surface area contributed by atoms with Gasteiger partial charge in [0.05, 0.1) is 0 Å². The van der Waals surface area contributed by atoms with Crippen LogP contribution < -0.4 is 5.32 Å². The van der Waals surface area contributed by atoms with Crippen LogP contribution in [-0.2, 0) is 13.1 Å². The molecule has 0 bridgehead atoms. The minimum Gasteiger partial charge on any atom is -0.348 e. The maximum Gasteiger partial charge on any atom is 0.251 e. The summed E-state index contributed by atoms with van der Waals surface area (Å²) in [6.45, 7) is 7.88. The van der Waals surface area contributed by atoms with E-state index < -0.39 is 0 Å². The summed E-state index contributed by atoms with van der Waals surface area (Å²) in [4.78, 5) is 14.5. The lowest BCUT2D eigenvalue weighted by Crippen LogP contribution is -2.23. The van der Waals surface area contributed by atoms with Crippen molar-refractivity contribution in [3.05, 3.63) is 71.3 Å². The van der Waals surface area contributed by atoms with Crippen molar-refractivity contribution in [3.8, 4) is 0 Å². The molecule has 0 saturated carbocycles. The van der Waals surface area contributed by atoms with Crippen LogP contribution in [0.2, 0.25) is 0 Å². The van der Waals surface area contributed by atoms with Gasteiger partial charge in [-0.25, -0.2) is 0 Å². The molecule has 1 amide bonds. The highest BCUT2D eigenvalue weighted by Gasteiger charge is 2.06. The van der Waals surface area contributed by atoms with E-state index >= 15 is 0 Å². The second kappa shape index (κ2) is 8.35. The van der Waals surface area contributed by atoms with Crippen LogP contribution >= 0.6 is 0 Å². The van der Waals surface area contributed by atoms with E-state index in [0.29, 0.717) is 12.1 Å². The van der Waals surface area contributed by atoms with Crippen molar-refractivity contribution in [1.82, 2.24) is 10.2 Å². The molecule has 2 rings (SSSR count). The number of rotatable bonds is 7. The summed E-state index contributed by atoms with van der Waals surface area (Å²) in [6, 6.07) is 17.8. The second-order valence-electron chi connectivity index (χ2n) is 5.33. The van der Waals surface area contributed by atoms with Crippen LogP contribution in [0.1, 0.15) is 35.3 Å². The monoisotopic (exact) mass is 296 g/mol. The quantitative estimate of drug-likeness (QED) is 0.848. The standard InChI is InChI=1S/C19H24N2O/c1-3-21(4-2)15-17-10-12-18(13-11-17)19(22)20-14-16-8-6-5-7-9-16/h5-13H,3-4,14-15H2,1-2H3,(H,20,22). The molecule has 22 heavy (non-hydrogen) atoms. The van der Waals surface area contributed by atoms with Gasteiger partial charge in [0, 0.05) is 18.7 Å². The van der Waals surface area contributed by atoms with Crippen LogP contribution in [0.15, 0.2) is 54.6 Å². The third-order valence-corrected chi connectivity index (χ3v) is 3.81. The molecular weight excluding hydrogens is 272 g/mol. The van der Waals surface area contributed by atoms with Crippen molar-refractivity contribution in [3.63, 3.8) is 0 Å². The van der Waals surface area contributed by atoms with Gasteiger partial charge in [0.15, 0.2) is 0 Å². The summed E-state index contributed by atoms with van der Waals surface area (Å²) < 4.78 is 0. The van der Waals surface area contributed by atoms with Crippen molar-refractivity contribution in [1.29, 1.82) is 0 Å². The number of nitrogens with zero attached hydrogens (tertiary/aromatic N) is 1. The van der Waals surface area contributed by atoms with Gasteiger partial charge in [0.25, 0.3) is 5.91 Å². The van der Waals surface area contributed by atoms with E-state index in [1.54, 1.807) is 0 Å². The Kier molecular flexibility index (Phi) is 6.16. The number of carbonyl (C=O) groups excluding carboxylic acids is 1. The van der Waals surface area contributed by atoms with Crippen LogP contribution in [0, 0.1) is 0 Å². The molecule has 3 heteroatoms. The minimum atomic E-state index is -0.0294. The van der Waals surface area contributed by atoms with E-state index in [9.17, 15) is 4.79 Å². The SMILES string of the molecule is CCN(CC)Cc1ccc(C(=O)NCc2ccccc2)cc1. The second-order valence-corrected chi connectivity index (χ2v) is 5.33. The van der Waals surface area contributed by atoms with E-state index in [-0.39, 0.29) is 5.91 Å². The lowest BCUT2D eigenvalue weighted by molar-refractivity contribution is 0.0951. The first-order valence-corrected chi connectivity index (χ1v) is 7.86. The number of carbonyl (C=O) groups is 1. The Morgan fingerprint density at radius 3 is 2.14 bits per heavy atom. The fraction of sp³-hybridized carbons (Fsp3) is 0.316. The summed E-state index contributed by atoms with van der Waals surface area (Å²) in [5, 5.41) is 2.95. The van der Waals surface area contributed by atoms with Crippen molar-refractivity contribution >= 4 is 5.91 Å². The van der Waals surface area contributed by atoms with E-state index in [1.807, 2.05) is 54.6 Å². The van der Waals surface area contributed by atoms with Crippen LogP contribution in [0.25, 0.3) is 0 Å². The average Bonchev–Trinajstić information content (AvgIpc) is 2.59. The molecule has 0 radical (unpaired) electrons. The first kappa shape index (κ1) is 16.2. The molecule has 2 aromatic carbocycles. The number of hydrogen-bond donors (Lipinski definition) is 1. The minimum absolute atomic E-state index is 0.0294. The summed E-state index contributed by atoms with van der Waals surface area (Å²) in [7, 11) is 0. The summed E-state index contributed by atoms with van der Waals surface area (Å²) >= 11 is 0. The molecular formula is C19H24N2O. The first-order chi connectivity index (χ1) is 10.7. The molecule has 116 valence electrons. The van der Waals surface area contributed by atoms with E-state index in [2.05, 4.69) is 24.1 Å². The zero-order valence-electron chi connectivity index (χ0n) is 13.4. The van der Waals surface area contributed by atoms with Gasteiger partial charge in [0.1, 0.15) is 0 Å². The lowest BCUT2D eigenvalue weighted by Gasteiger charge is -2.18. The topological polar surface area (TPSA) is 32.3 Å². The largest absolute Gasteiger partial charge is 0.348 e. The Morgan fingerprint density at radius 1 is 0.909 bits per heavy atom. The molecule has 3 nitrogen and oxygen atoms in total. The van der Waals surface area contributed by atoms with Gasteiger partial charge < -0.3 is 5.32 Å². The molecule has 1 N–H and O–H groups in total. The third kappa shape index (κ3) is 4.71. The Hall–Kier alpha value is -2.13. The number of amides is 1. The van der Waals surface area contributed by atoms with Crippen LogP contribution in [0.3, 0.4) is 0 Å². The highest BCUT2D eigenvalue weighted by Crippen LogP contribution is 2.08. The normalized spacial score (nSPS) is 10.7. The van der Waals surface area contributed by atoms with E-state index in [0.717, 1.165) is 25.2 Å². The fourth-order valence-corrected chi connectivity index (χ4v) is 2.35. The maximum absolute atomic E-state index is 12.1. The van der Waals surface area contributed by atoms with E-state index in [4.69, 9.17) is 0 Å². The Labute approximate surface area is 133 Å². The van der Waals surface area contributed by atoms with Crippen LogP contribution in [-0.4, -0.2) is 23.9 Å². The Morgan fingerprint density at radius 2 is 1.55 bits per heavy atom. The van der Waals surface area contributed by atoms with Gasteiger partial charge >= 0.3 is 0 Å².